The van der Waals surface area contributed by atoms with Crippen molar-refractivity contribution in [3.8, 4) is 0 Å². The van der Waals surface area contributed by atoms with Gasteiger partial charge >= 0.3 is 5.97 Å². The van der Waals surface area contributed by atoms with E-state index in [-0.39, 0.29) is 23.4 Å². The van der Waals surface area contributed by atoms with Crippen molar-refractivity contribution < 1.29 is 14.3 Å². The first-order valence-electron chi connectivity index (χ1n) is 11.8. The highest BCUT2D eigenvalue weighted by Crippen LogP contribution is 2.23. The topological polar surface area (TPSA) is 59.8 Å². The Kier molecular flexibility index (Phi) is 7.75. The zero-order valence-electron chi connectivity index (χ0n) is 20.7. The maximum atomic E-state index is 13.4. The van der Waals surface area contributed by atoms with E-state index in [0.29, 0.717) is 16.8 Å². The van der Waals surface area contributed by atoms with Crippen LogP contribution >= 0.6 is 0 Å². The van der Waals surface area contributed by atoms with Crippen LogP contribution in [0.25, 0.3) is 5.52 Å². The van der Waals surface area contributed by atoms with Crippen LogP contribution < -0.4 is 5.32 Å². The number of ether oxygens (including phenoxy) is 1. The van der Waals surface area contributed by atoms with Crippen molar-refractivity contribution >= 4 is 17.3 Å². The molecule has 1 aromatic carbocycles. The number of benzene rings is 1. The molecule has 5 nitrogen and oxygen atoms in total. The Morgan fingerprint density at radius 3 is 2.33 bits per heavy atom. The Bertz CT molecular complexity index is 1120. The van der Waals surface area contributed by atoms with Crippen molar-refractivity contribution in [1.29, 1.82) is 0 Å². The van der Waals surface area contributed by atoms with E-state index in [2.05, 4.69) is 26.1 Å². The summed E-state index contributed by atoms with van der Waals surface area (Å²) in [5.74, 6) is -0.363. The number of hydrogen-bond acceptors (Lipinski definition) is 4. The minimum absolute atomic E-state index is 0.00898. The molecule has 0 unspecified atom stereocenters. The Morgan fingerprint density at radius 1 is 1.03 bits per heavy atom. The van der Waals surface area contributed by atoms with E-state index in [0.717, 1.165) is 36.9 Å². The van der Waals surface area contributed by atoms with Gasteiger partial charge in [0.15, 0.2) is 0 Å². The molecule has 3 rings (SSSR count). The molecule has 1 N–H and O–H groups in total. The van der Waals surface area contributed by atoms with Gasteiger partial charge in [-0.05, 0) is 89.8 Å². The number of nitrogens with one attached hydrogen (secondary N) is 1. The predicted molar refractivity (Wildman–Crippen MR) is 133 cm³/mol. The van der Waals surface area contributed by atoms with Gasteiger partial charge in [-0.15, -0.1) is 0 Å². The van der Waals surface area contributed by atoms with Gasteiger partial charge in [-0.3, -0.25) is 4.79 Å². The Labute approximate surface area is 197 Å². The van der Waals surface area contributed by atoms with Crippen LogP contribution in [0.3, 0.4) is 0 Å². The first-order valence-corrected chi connectivity index (χ1v) is 11.8. The average molecular weight is 449 g/mol. The number of pyridine rings is 1. The van der Waals surface area contributed by atoms with Gasteiger partial charge in [0, 0.05) is 22.8 Å². The molecule has 0 amide bonds. The fraction of sp³-hybridized carbons (Fsp3) is 0.429. The van der Waals surface area contributed by atoms with Gasteiger partial charge in [0.25, 0.3) is 0 Å². The van der Waals surface area contributed by atoms with Gasteiger partial charge in [-0.2, -0.15) is 0 Å². The predicted octanol–water partition coefficient (Wildman–Crippen LogP) is 5.62. The second kappa shape index (κ2) is 10.3. The molecular weight excluding hydrogens is 412 g/mol. The molecule has 0 aliphatic carbocycles. The molecule has 2 aromatic heterocycles. The van der Waals surface area contributed by atoms with E-state index in [9.17, 15) is 9.59 Å². The van der Waals surface area contributed by atoms with Crippen LogP contribution in [0.4, 0.5) is 0 Å². The fourth-order valence-electron chi connectivity index (χ4n) is 3.88. The van der Waals surface area contributed by atoms with Gasteiger partial charge in [-0.25, -0.2) is 4.79 Å². The molecule has 2 heterocycles. The summed E-state index contributed by atoms with van der Waals surface area (Å²) in [5.41, 5.74) is 4.95. The third kappa shape index (κ3) is 6.32. The molecule has 0 atom stereocenters. The summed E-state index contributed by atoms with van der Waals surface area (Å²) in [6, 6.07) is 13.4. The van der Waals surface area contributed by atoms with Crippen molar-refractivity contribution in [3.05, 3.63) is 76.6 Å². The molecule has 0 aliphatic heterocycles. The quantitative estimate of drug-likeness (QED) is 0.262. The van der Waals surface area contributed by atoms with E-state index in [1.54, 1.807) is 18.3 Å². The molecule has 0 saturated carbocycles. The highest BCUT2D eigenvalue weighted by Gasteiger charge is 2.20. The van der Waals surface area contributed by atoms with Crippen molar-refractivity contribution in [1.82, 2.24) is 9.72 Å². The maximum absolute atomic E-state index is 13.4. The van der Waals surface area contributed by atoms with Crippen LogP contribution in [0.2, 0.25) is 0 Å². The van der Waals surface area contributed by atoms with Gasteiger partial charge < -0.3 is 14.5 Å². The van der Waals surface area contributed by atoms with Crippen molar-refractivity contribution in [2.75, 3.05) is 6.54 Å². The molecule has 0 saturated heterocycles. The van der Waals surface area contributed by atoms with E-state index in [1.165, 1.54) is 5.56 Å². The second-order valence-electron chi connectivity index (χ2n) is 9.84. The van der Waals surface area contributed by atoms with E-state index in [4.69, 9.17) is 4.74 Å². The highest BCUT2D eigenvalue weighted by molar-refractivity contribution is 6.09. The summed E-state index contributed by atoms with van der Waals surface area (Å²) in [5, 5.41) is 3.50. The molecule has 176 valence electrons. The smallest absolute Gasteiger partial charge is 0.338 e. The summed E-state index contributed by atoms with van der Waals surface area (Å²) in [4.78, 5) is 25.7. The van der Waals surface area contributed by atoms with Gasteiger partial charge in [0.1, 0.15) is 0 Å². The number of ketones is 1. The minimum atomic E-state index is -0.354. The normalized spacial score (nSPS) is 11.8. The summed E-state index contributed by atoms with van der Waals surface area (Å²) in [6.07, 6.45) is 4.36. The lowest BCUT2D eigenvalue weighted by molar-refractivity contribution is 0.0378. The number of carbonyl (C=O) groups excluding carboxylic acids is 2. The average Bonchev–Trinajstić information content (AvgIpc) is 3.13. The van der Waals surface area contributed by atoms with Crippen LogP contribution in [0, 0.1) is 0 Å². The van der Waals surface area contributed by atoms with Crippen molar-refractivity contribution in [2.24, 2.45) is 0 Å². The molecule has 0 spiro atoms. The summed E-state index contributed by atoms with van der Waals surface area (Å²) < 4.78 is 7.18. The SMILES string of the molecule is CCc1cc2cc(C(=O)OC(C)C)ccn2c1C(=O)c1ccc(CCCNC(C)(C)C)cc1. The molecule has 0 bridgehead atoms. The van der Waals surface area contributed by atoms with Crippen LogP contribution in [0.5, 0.6) is 0 Å². The molecule has 0 fully saturated rings. The van der Waals surface area contributed by atoms with Crippen molar-refractivity contribution in [2.45, 2.75) is 72.4 Å². The molecule has 5 heteroatoms. The van der Waals surface area contributed by atoms with Crippen molar-refractivity contribution in [3.63, 3.8) is 0 Å². The highest BCUT2D eigenvalue weighted by atomic mass is 16.5. The maximum Gasteiger partial charge on any atom is 0.338 e. The zero-order chi connectivity index (χ0) is 24.2. The fourth-order valence-corrected chi connectivity index (χ4v) is 3.88. The summed E-state index contributed by atoms with van der Waals surface area (Å²) in [7, 11) is 0. The van der Waals surface area contributed by atoms with Crippen LogP contribution in [0.1, 0.15) is 85.5 Å². The van der Waals surface area contributed by atoms with E-state index in [1.807, 2.05) is 55.5 Å². The monoisotopic (exact) mass is 448 g/mol. The lowest BCUT2D eigenvalue weighted by Crippen LogP contribution is -2.36. The number of fused-ring (bicyclic) bond motifs is 1. The number of hydrogen-bond donors (Lipinski definition) is 1. The van der Waals surface area contributed by atoms with Crippen LogP contribution in [0.15, 0.2) is 48.7 Å². The minimum Gasteiger partial charge on any atom is -0.459 e. The lowest BCUT2D eigenvalue weighted by atomic mass is 10.0. The zero-order valence-corrected chi connectivity index (χ0v) is 20.7. The molecule has 0 radical (unpaired) electrons. The Morgan fingerprint density at radius 2 is 1.73 bits per heavy atom. The molecular formula is C28H36N2O3. The van der Waals surface area contributed by atoms with Crippen LogP contribution in [-0.2, 0) is 17.6 Å². The van der Waals surface area contributed by atoms with Crippen LogP contribution in [-0.4, -0.2) is 34.3 Å². The number of carbonyl (C=O) groups is 2. The third-order valence-corrected chi connectivity index (χ3v) is 5.54. The Hall–Kier alpha value is -2.92. The van der Waals surface area contributed by atoms with Gasteiger partial charge in [-0.1, -0.05) is 31.2 Å². The number of aryl methyl sites for hydroxylation is 2. The number of nitrogens with zero attached hydrogens (tertiary/aromatic N) is 1. The molecule has 33 heavy (non-hydrogen) atoms. The first kappa shape index (κ1) is 24.7. The number of esters is 1. The Balaban J connectivity index is 1.79. The number of rotatable bonds is 9. The first-order chi connectivity index (χ1) is 15.6. The summed E-state index contributed by atoms with van der Waals surface area (Å²) >= 11 is 0. The third-order valence-electron chi connectivity index (χ3n) is 5.54. The lowest BCUT2D eigenvalue weighted by Gasteiger charge is -2.20. The van der Waals surface area contributed by atoms with Gasteiger partial charge in [0.05, 0.1) is 17.4 Å². The van der Waals surface area contributed by atoms with E-state index < -0.39 is 0 Å². The number of aromatic nitrogens is 1. The largest absolute Gasteiger partial charge is 0.459 e. The summed E-state index contributed by atoms with van der Waals surface area (Å²) in [6.45, 7) is 13.2. The van der Waals surface area contributed by atoms with E-state index >= 15 is 0 Å². The molecule has 0 aliphatic rings. The second-order valence-corrected chi connectivity index (χ2v) is 9.84. The standard InChI is InChI=1S/C28H36N2O3/c1-7-21-17-24-18-23(27(32)33-19(2)3)14-16-30(24)25(21)26(31)22-12-10-20(11-13-22)9-8-15-29-28(4,5)6/h10-14,16-19,29H,7-9,15H2,1-6H3. The molecule has 3 aromatic rings. The van der Waals surface area contributed by atoms with Gasteiger partial charge in [0.2, 0.25) is 5.78 Å².